The Hall–Kier alpha value is -0.400. The van der Waals surface area contributed by atoms with E-state index in [0.29, 0.717) is 18.3 Å². The SMILES string of the molecule is CC1(C)CCC(F)[C@]2(C)C(=O)C3CCC2C31. The molecule has 3 aliphatic rings. The first kappa shape index (κ1) is 10.7. The molecule has 0 N–H and O–H groups in total. The molecule has 0 heterocycles. The van der Waals surface area contributed by atoms with Gasteiger partial charge in [0.2, 0.25) is 0 Å². The highest BCUT2D eigenvalue weighted by Crippen LogP contribution is 2.66. The number of carbonyl (C=O) groups excluding carboxylic acids is 1. The fourth-order valence-corrected chi connectivity index (χ4v) is 4.99. The number of ketones is 1. The maximum atomic E-state index is 14.3. The number of rotatable bonds is 0. The molecule has 0 aromatic carbocycles. The molecule has 1 nitrogen and oxygen atoms in total. The molecule has 4 unspecified atom stereocenters. The van der Waals surface area contributed by atoms with Crippen molar-refractivity contribution in [2.45, 2.75) is 52.6 Å². The number of hydrogen-bond acceptors (Lipinski definition) is 1. The largest absolute Gasteiger partial charge is 0.299 e. The van der Waals surface area contributed by atoms with Crippen LogP contribution in [0.4, 0.5) is 4.39 Å². The van der Waals surface area contributed by atoms with Crippen LogP contribution in [0.2, 0.25) is 0 Å². The van der Waals surface area contributed by atoms with E-state index in [2.05, 4.69) is 13.8 Å². The van der Waals surface area contributed by atoms with Gasteiger partial charge in [0.05, 0.1) is 5.41 Å². The topological polar surface area (TPSA) is 17.1 Å². The van der Waals surface area contributed by atoms with Crippen LogP contribution in [0.5, 0.6) is 0 Å². The van der Waals surface area contributed by atoms with Crippen molar-refractivity contribution in [3.05, 3.63) is 0 Å². The molecule has 0 aromatic heterocycles. The first-order chi connectivity index (χ1) is 7.39. The average Bonchev–Trinajstić information content (AvgIpc) is 2.72. The third-order valence-corrected chi connectivity index (χ3v) is 5.89. The Kier molecular flexibility index (Phi) is 1.93. The number of halogens is 1. The molecule has 0 amide bonds. The van der Waals surface area contributed by atoms with E-state index >= 15 is 0 Å². The van der Waals surface area contributed by atoms with Crippen molar-refractivity contribution in [3.8, 4) is 0 Å². The average molecular weight is 224 g/mol. The van der Waals surface area contributed by atoms with Gasteiger partial charge >= 0.3 is 0 Å². The number of carbonyl (C=O) groups is 1. The van der Waals surface area contributed by atoms with Crippen LogP contribution in [0.3, 0.4) is 0 Å². The van der Waals surface area contributed by atoms with Gasteiger partial charge in [0.1, 0.15) is 12.0 Å². The van der Waals surface area contributed by atoms with E-state index in [1.54, 1.807) is 0 Å². The Morgan fingerprint density at radius 1 is 1.19 bits per heavy atom. The lowest BCUT2D eigenvalue weighted by atomic mass is 9.70. The van der Waals surface area contributed by atoms with Crippen LogP contribution in [0.25, 0.3) is 0 Å². The Bertz CT molecular complexity index is 349. The summed E-state index contributed by atoms with van der Waals surface area (Å²) in [6.45, 7) is 6.37. The Morgan fingerprint density at radius 3 is 2.56 bits per heavy atom. The Morgan fingerprint density at radius 2 is 1.88 bits per heavy atom. The molecule has 90 valence electrons. The maximum Gasteiger partial charge on any atom is 0.145 e. The second kappa shape index (κ2) is 2.88. The van der Waals surface area contributed by atoms with Gasteiger partial charge in [0, 0.05) is 5.92 Å². The molecule has 4 bridgehead atoms. The zero-order valence-electron chi connectivity index (χ0n) is 10.4. The second-order valence-corrected chi connectivity index (χ2v) is 6.96. The van der Waals surface area contributed by atoms with E-state index in [9.17, 15) is 9.18 Å². The van der Waals surface area contributed by atoms with Crippen molar-refractivity contribution in [1.82, 2.24) is 0 Å². The van der Waals surface area contributed by atoms with Gasteiger partial charge in [-0.2, -0.15) is 0 Å². The number of Topliss-reactive ketones (excluding diaryl/α,β-unsaturated/α-hetero) is 1. The second-order valence-electron chi connectivity index (χ2n) is 6.96. The third kappa shape index (κ3) is 0.994. The van der Waals surface area contributed by atoms with E-state index in [1.807, 2.05) is 6.92 Å². The predicted octanol–water partition coefficient (Wildman–Crippen LogP) is 3.38. The summed E-state index contributed by atoms with van der Waals surface area (Å²) >= 11 is 0. The molecule has 3 saturated carbocycles. The monoisotopic (exact) mass is 224 g/mol. The van der Waals surface area contributed by atoms with Gasteiger partial charge in [-0.25, -0.2) is 4.39 Å². The summed E-state index contributed by atoms with van der Waals surface area (Å²) < 4.78 is 14.3. The van der Waals surface area contributed by atoms with Gasteiger partial charge in [0.25, 0.3) is 0 Å². The predicted molar refractivity (Wildman–Crippen MR) is 60.7 cm³/mol. The van der Waals surface area contributed by atoms with E-state index in [-0.39, 0.29) is 17.1 Å². The summed E-state index contributed by atoms with van der Waals surface area (Å²) in [4.78, 5) is 12.4. The molecule has 0 radical (unpaired) electrons. The van der Waals surface area contributed by atoms with Crippen LogP contribution in [-0.4, -0.2) is 12.0 Å². The van der Waals surface area contributed by atoms with Gasteiger partial charge in [-0.1, -0.05) is 13.8 Å². The van der Waals surface area contributed by atoms with Crippen LogP contribution < -0.4 is 0 Å². The highest BCUT2D eigenvalue weighted by molar-refractivity contribution is 5.91. The highest BCUT2D eigenvalue weighted by Gasteiger charge is 2.68. The molecule has 2 heteroatoms. The van der Waals surface area contributed by atoms with Crippen LogP contribution in [-0.2, 0) is 4.79 Å². The van der Waals surface area contributed by atoms with Crippen LogP contribution in [0.15, 0.2) is 0 Å². The van der Waals surface area contributed by atoms with Gasteiger partial charge in [0.15, 0.2) is 0 Å². The normalized spacial score (nSPS) is 54.1. The summed E-state index contributed by atoms with van der Waals surface area (Å²) in [6, 6.07) is 0. The molecule has 0 aliphatic heterocycles. The van der Waals surface area contributed by atoms with Crippen LogP contribution in [0.1, 0.15) is 46.5 Å². The lowest BCUT2D eigenvalue weighted by molar-refractivity contribution is -0.136. The zero-order chi connectivity index (χ0) is 11.7. The zero-order valence-corrected chi connectivity index (χ0v) is 10.4. The molecule has 5 atom stereocenters. The smallest absolute Gasteiger partial charge is 0.145 e. The minimum Gasteiger partial charge on any atom is -0.299 e. The van der Waals surface area contributed by atoms with Crippen molar-refractivity contribution in [2.75, 3.05) is 0 Å². The lowest BCUT2D eigenvalue weighted by Gasteiger charge is -2.34. The van der Waals surface area contributed by atoms with Gasteiger partial charge < -0.3 is 0 Å². The highest BCUT2D eigenvalue weighted by atomic mass is 19.1. The fourth-order valence-electron chi connectivity index (χ4n) is 4.99. The first-order valence-corrected chi connectivity index (χ1v) is 6.57. The van der Waals surface area contributed by atoms with Crippen LogP contribution >= 0.6 is 0 Å². The van der Waals surface area contributed by atoms with Gasteiger partial charge in [-0.05, 0) is 49.9 Å². The number of alkyl halides is 1. The van der Waals surface area contributed by atoms with E-state index in [4.69, 9.17) is 0 Å². The first-order valence-electron chi connectivity index (χ1n) is 6.57. The van der Waals surface area contributed by atoms with E-state index < -0.39 is 11.6 Å². The quantitative estimate of drug-likeness (QED) is 0.616. The molecule has 3 fully saturated rings. The van der Waals surface area contributed by atoms with Crippen molar-refractivity contribution >= 4 is 5.78 Å². The molecule has 0 spiro atoms. The van der Waals surface area contributed by atoms with Crippen LogP contribution in [0, 0.1) is 28.6 Å². The maximum absolute atomic E-state index is 14.3. The molecule has 0 aromatic rings. The summed E-state index contributed by atoms with van der Waals surface area (Å²) in [5, 5.41) is 0. The molecular weight excluding hydrogens is 203 g/mol. The minimum absolute atomic E-state index is 0.153. The molecule has 0 saturated heterocycles. The van der Waals surface area contributed by atoms with Crippen molar-refractivity contribution in [1.29, 1.82) is 0 Å². The van der Waals surface area contributed by atoms with E-state index in [1.165, 1.54) is 0 Å². The van der Waals surface area contributed by atoms with E-state index in [0.717, 1.165) is 19.3 Å². The number of hydrogen-bond donors (Lipinski definition) is 0. The van der Waals surface area contributed by atoms with Gasteiger partial charge in [-0.15, -0.1) is 0 Å². The Balaban J connectivity index is 2.13. The summed E-state index contributed by atoms with van der Waals surface area (Å²) in [7, 11) is 0. The summed E-state index contributed by atoms with van der Waals surface area (Å²) in [5.41, 5.74) is -0.485. The minimum atomic E-state index is -0.903. The fraction of sp³-hybridized carbons (Fsp3) is 0.929. The molecule has 3 aliphatic carbocycles. The standard InChI is InChI=1S/C14H21FO/c1-13(2)7-6-10(15)14(3)9-5-4-8(11(9)13)12(14)16/h8-11H,4-7H2,1-3H3/t8?,9?,10?,11?,14-/m1/s1. The Labute approximate surface area is 96.8 Å². The van der Waals surface area contributed by atoms with Crippen molar-refractivity contribution < 1.29 is 9.18 Å². The lowest BCUT2D eigenvalue weighted by Crippen LogP contribution is -2.42. The summed E-state index contributed by atoms with van der Waals surface area (Å²) in [5.74, 6) is 1.18. The molecule has 16 heavy (non-hydrogen) atoms. The molecule has 3 rings (SSSR count). The van der Waals surface area contributed by atoms with Gasteiger partial charge in [-0.3, -0.25) is 4.79 Å². The third-order valence-electron chi connectivity index (χ3n) is 5.89. The summed E-state index contributed by atoms with van der Waals surface area (Å²) in [6.07, 6.45) is 2.70. The molecular formula is C14H21FO. The van der Waals surface area contributed by atoms with Crippen molar-refractivity contribution in [3.63, 3.8) is 0 Å². The van der Waals surface area contributed by atoms with Crippen molar-refractivity contribution in [2.24, 2.45) is 28.6 Å².